The molecule has 0 bridgehead atoms. The maximum absolute atomic E-state index is 4.81. The van der Waals surface area contributed by atoms with Crippen molar-refractivity contribution in [2.75, 3.05) is 13.1 Å². The quantitative estimate of drug-likeness (QED) is 0.538. The smallest absolute Gasteiger partial charge is 0.158 e. The fourth-order valence-corrected chi connectivity index (χ4v) is 4.49. The number of aromatic amines is 1. The first-order chi connectivity index (χ1) is 14.6. The number of hydrogen-bond donors (Lipinski definition) is 2. The summed E-state index contributed by atoms with van der Waals surface area (Å²) < 4.78 is 1.82. The minimum absolute atomic E-state index is 0.310. The summed E-state index contributed by atoms with van der Waals surface area (Å²) in [7, 11) is 0. The highest BCUT2D eigenvalue weighted by Crippen LogP contribution is 2.36. The number of piperidine rings is 1. The Bertz CT molecular complexity index is 1160. The van der Waals surface area contributed by atoms with Gasteiger partial charge in [0.25, 0.3) is 0 Å². The van der Waals surface area contributed by atoms with E-state index in [2.05, 4.69) is 59.5 Å². The second kappa shape index (κ2) is 7.65. The van der Waals surface area contributed by atoms with Crippen molar-refractivity contribution < 1.29 is 0 Å². The normalized spacial score (nSPS) is 15.3. The molecule has 2 N–H and O–H groups in total. The minimum Gasteiger partial charge on any atom is -0.317 e. The molecule has 154 valence electrons. The van der Waals surface area contributed by atoms with Crippen molar-refractivity contribution >= 4 is 5.65 Å². The summed E-state index contributed by atoms with van der Waals surface area (Å²) in [5.41, 5.74) is 8.47. The lowest BCUT2D eigenvalue weighted by atomic mass is 9.92. The molecule has 4 aromatic rings. The summed E-state index contributed by atoms with van der Waals surface area (Å²) >= 11 is 0. The average Bonchev–Trinajstić information content (AvgIpc) is 3.42. The number of aryl methyl sites for hydroxylation is 1. The van der Waals surface area contributed by atoms with Crippen LogP contribution in [0, 0.1) is 6.92 Å². The number of nitrogens with one attached hydrogen (secondary N) is 2. The predicted octanol–water partition coefficient (Wildman–Crippen LogP) is 4.08. The zero-order chi connectivity index (χ0) is 20.7. The van der Waals surface area contributed by atoms with Gasteiger partial charge in [-0.1, -0.05) is 13.8 Å². The summed E-state index contributed by atoms with van der Waals surface area (Å²) in [4.78, 5) is 9.13. The third-order valence-electron chi connectivity index (χ3n) is 6.05. The highest BCUT2D eigenvalue weighted by atomic mass is 15.3. The molecule has 7 heteroatoms. The van der Waals surface area contributed by atoms with Gasteiger partial charge in [0.2, 0.25) is 0 Å². The highest BCUT2D eigenvalue weighted by molar-refractivity contribution is 5.75. The van der Waals surface area contributed by atoms with Gasteiger partial charge in [0.15, 0.2) is 5.65 Å². The number of rotatable bonds is 4. The van der Waals surface area contributed by atoms with Gasteiger partial charge < -0.3 is 5.32 Å². The first-order valence-corrected chi connectivity index (χ1v) is 10.7. The first-order valence-electron chi connectivity index (χ1n) is 10.7. The molecule has 0 saturated carbocycles. The third kappa shape index (κ3) is 3.29. The summed E-state index contributed by atoms with van der Waals surface area (Å²) in [5.74, 6) is 0.865. The Morgan fingerprint density at radius 2 is 1.93 bits per heavy atom. The number of hydrogen-bond acceptors (Lipinski definition) is 5. The van der Waals surface area contributed by atoms with Gasteiger partial charge in [-0.05, 0) is 62.5 Å². The van der Waals surface area contributed by atoms with Crippen LogP contribution in [0.2, 0.25) is 0 Å². The van der Waals surface area contributed by atoms with E-state index < -0.39 is 0 Å². The molecule has 4 aromatic heterocycles. The van der Waals surface area contributed by atoms with E-state index >= 15 is 0 Å². The summed E-state index contributed by atoms with van der Waals surface area (Å²) in [6.07, 6.45) is 7.89. The van der Waals surface area contributed by atoms with Crippen LogP contribution < -0.4 is 5.32 Å². The fourth-order valence-electron chi connectivity index (χ4n) is 4.49. The van der Waals surface area contributed by atoms with Crippen LogP contribution in [-0.2, 0) is 0 Å². The van der Waals surface area contributed by atoms with Crippen LogP contribution in [0.1, 0.15) is 55.3 Å². The second-order valence-corrected chi connectivity index (χ2v) is 8.45. The predicted molar refractivity (Wildman–Crippen MR) is 117 cm³/mol. The molecule has 0 atom stereocenters. The lowest BCUT2D eigenvalue weighted by molar-refractivity contribution is 0.453. The molecule has 1 aliphatic heterocycles. The van der Waals surface area contributed by atoms with Crippen molar-refractivity contribution in [3.63, 3.8) is 0 Å². The van der Waals surface area contributed by atoms with E-state index in [4.69, 9.17) is 10.1 Å². The number of pyridine rings is 2. The maximum Gasteiger partial charge on any atom is 0.158 e. The molecule has 0 amide bonds. The topological polar surface area (TPSA) is 83.8 Å². The molecular formula is C23H27N7. The lowest BCUT2D eigenvalue weighted by Crippen LogP contribution is -2.27. The summed E-state index contributed by atoms with van der Waals surface area (Å²) in [6, 6.07) is 6.50. The highest BCUT2D eigenvalue weighted by Gasteiger charge is 2.21. The van der Waals surface area contributed by atoms with Crippen LogP contribution in [-0.4, -0.2) is 42.9 Å². The van der Waals surface area contributed by atoms with E-state index in [1.165, 1.54) is 11.3 Å². The molecular weight excluding hydrogens is 374 g/mol. The van der Waals surface area contributed by atoms with Gasteiger partial charge in [0, 0.05) is 40.7 Å². The van der Waals surface area contributed by atoms with Gasteiger partial charge in [-0.2, -0.15) is 10.2 Å². The van der Waals surface area contributed by atoms with Crippen LogP contribution in [0.3, 0.4) is 0 Å². The Kier molecular flexibility index (Phi) is 4.83. The van der Waals surface area contributed by atoms with Crippen molar-refractivity contribution in [1.29, 1.82) is 0 Å². The molecule has 0 unspecified atom stereocenters. The maximum atomic E-state index is 4.81. The van der Waals surface area contributed by atoms with Crippen molar-refractivity contribution in [1.82, 2.24) is 35.1 Å². The zero-order valence-corrected chi connectivity index (χ0v) is 17.7. The fraction of sp³-hybridized carbons (Fsp3) is 0.391. The molecule has 1 saturated heterocycles. The molecule has 7 nitrogen and oxygen atoms in total. The molecule has 0 spiro atoms. The Hall–Kier alpha value is -3.06. The molecule has 1 aliphatic rings. The number of H-pyrrole nitrogens is 1. The Morgan fingerprint density at radius 3 is 2.67 bits per heavy atom. The largest absolute Gasteiger partial charge is 0.317 e. The van der Waals surface area contributed by atoms with Crippen LogP contribution in [0.25, 0.3) is 28.2 Å². The third-order valence-corrected chi connectivity index (χ3v) is 6.05. The molecule has 5 heterocycles. The van der Waals surface area contributed by atoms with Gasteiger partial charge in [0.1, 0.15) is 6.33 Å². The van der Waals surface area contributed by atoms with E-state index in [1.807, 2.05) is 16.9 Å². The van der Waals surface area contributed by atoms with Crippen molar-refractivity contribution in [2.24, 2.45) is 0 Å². The molecule has 0 aliphatic carbocycles. The van der Waals surface area contributed by atoms with Gasteiger partial charge in [0.05, 0.1) is 11.4 Å². The van der Waals surface area contributed by atoms with Crippen LogP contribution in [0.15, 0.2) is 36.9 Å². The summed E-state index contributed by atoms with van der Waals surface area (Å²) in [6.45, 7) is 8.61. The van der Waals surface area contributed by atoms with E-state index in [0.717, 1.165) is 59.7 Å². The summed E-state index contributed by atoms with van der Waals surface area (Å²) in [5, 5.41) is 15.7. The number of nitrogens with zero attached hydrogens (tertiary/aromatic N) is 5. The van der Waals surface area contributed by atoms with Crippen molar-refractivity contribution in [3.8, 4) is 22.5 Å². The van der Waals surface area contributed by atoms with Crippen LogP contribution in [0.4, 0.5) is 0 Å². The molecule has 0 aromatic carbocycles. The van der Waals surface area contributed by atoms with Gasteiger partial charge in [-0.3, -0.25) is 10.1 Å². The SMILES string of the molecule is Cc1cc(-c2n[nH]c(-c3ccc(C4CCNCC4)nc3)c2C(C)C)cn2ncnc12. The molecule has 30 heavy (non-hydrogen) atoms. The van der Waals surface area contributed by atoms with Gasteiger partial charge in [-0.25, -0.2) is 9.50 Å². The van der Waals surface area contributed by atoms with E-state index in [1.54, 1.807) is 6.33 Å². The molecule has 0 radical (unpaired) electrons. The zero-order valence-electron chi connectivity index (χ0n) is 17.7. The van der Waals surface area contributed by atoms with Gasteiger partial charge >= 0.3 is 0 Å². The van der Waals surface area contributed by atoms with Crippen LogP contribution in [0.5, 0.6) is 0 Å². The monoisotopic (exact) mass is 401 g/mol. The average molecular weight is 402 g/mol. The number of aromatic nitrogens is 6. The molecule has 1 fully saturated rings. The Morgan fingerprint density at radius 1 is 1.10 bits per heavy atom. The van der Waals surface area contributed by atoms with Crippen molar-refractivity contribution in [2.45, 2.75) is 45.4 Å². The van der Waals surface area contributed by atoms with E-state index in [0.29, 0.717) is 11.8 Å². The van der Waals surface area contributed by atoms with Crippen molar-refractivity contribution in [3.05, 3.63) is 53.7 Å². The van der Waals surface area contributed by atoms with E-state index in [9.17, 15) is 0 Å². The standard InChI is InChI=1S/C23H27N7/c1-14(2)20-21(17-4-5-19(25-11-17)16-6-8-24-9-7-16)28-29-22(20)18-10-15(3)23-26-13-27-30(23)12-18/h4-5,10-14,16,24H,6-9H2,1-3H3,(H,28,29). The van der Waals surface area contributed by atoms with Gasteiger partial charge in [-0.15, -0.1) is 0 Å². The van der Waals surface area contributed by atoms with E-state index in [-0.39, 0.29) is 0 Å². The van der Waals surface area contributed by atoms with Crippen LogP contribution >= 0.6 is 0 Å². The number of fused-ring (bicyclic) bond motifs is 1. The Labute approximate surface area is 176 Å². The first kappa shape index (κ1) is 18.9. The minimum atomic E-state index is 0.310. The lowest BCUT2D eigenvalue weighted by Gasteiger charge is -2.22. The second-order valence-electron chi connectivity index (χ2n) is 8.45. The molecule has 5 rings (SSSR count). The Balaban J connectivity index is 1.54.